The van der Waals surface area contributed by atoms with Gasteiger partial charge in [0.25, 0.3) is 5.91 Å². The summed E-state index contributed by atoms with van der Waals surface area (Å²) in [5.74, 6) is -1.97. The second-order valence-electron chi connectivity index (χ2n) is 11.6. The number of nitrogens with one attached hydrogen (secondary N) is 3. The number of hydrogen-bond acceptors (Lipinski definition) is 9. The third kappa shape index (κ3) is 9.02. The predicted molar refractivity (Wildman–Crippen MR) is 173 cm³/mol. The molecule has 0 aliphatic rings. The highest BCUT2D eigenvalue weighted by Crippen LogP contribution is 2.34. The highest BCUT2D eigenvalue weighted by molar-refractivity contribution is 6.07. The summed E-state index contributed by atoms with van der Waals surface area (Å²) >= 11 is 0. The number of amides is 2. The molecule has 0 bridgehead atoms. The van der Waals surface area contributed by atoms with Crippen LogP contribution in [0.5, 0.6) is 0 Å². The topological polar surface area (TPSA) is 156 Å². The van der Waals surface area contributed by atoms with E-state index in [9.17, 15) is 19.2 Å². The molecule has 2 amide bonds. The van der Waals surface area contributed by atoms with Crippen LogP contribution < -0.4 is 15.5 Å². The van der Waals surface area contributed by atoms with E-state index in [0.717, 1.165) is 27.8 Å². The van der Waals surface area contributed by atoms with Crippen LogP contribution in [0.3, 0.4) is 0 Å². The summed E-state index contributed by atoms with van der Waals surface area (Å²) in [5, 5.41) is 6.71. The molecule has 3 rings (SSSR count). The maximum absolute atomic E-state index is 13.9. The molecule has 45 heavy (non-hydrogen) atoms. The number of fused-ring (bicyclic) bond motifs is 1. The van der Waals surface area contributed by atoms with Crippen LogP contribution in [0.15, 0.2) is 30.9 Å². The number of benzene rings is 1. The lowest BCUT2D eigenvalue weighted by atomic mass is 9.93. The van der Waals surface area contributed by atoms with Crippen molar-refractivity contribution in [1.82, 2.24) is 20.3 Å². The molecular weight excluding hydrogens is 576 g/mol. The number of aromatic nitrogens is 3. The van der Waals surface area contributed by atoms with Gasteiger partial charge in [-0.05, 0) is 64.7 Å². The number of H-pyrrole nitrogens is 1. The van der Waals surface area contributed by atoms with Gasteiger partial charge in [0, 0.05) is 54.0 Å². The molecule has 12 nitrogen and oxygen atoms in total. The van der Waals surface area contributed by atoms with Crippen LogP contribution >= 0.6 is 0 Å². The molecule has 3 aromatic rings. The highest BCUT2D eigenvalue weighted by atomic mass is 16.5. The molecule has 0 saturated heterocycles. The number of anilines is 2. The van der Waals surface area contributed by atoms with Crippen molar-refractivity contribution >= 4 is 46.2 Å². The van der Waals surface area contributed by atoms with Gasteiger partial charge in [-0.25, -0.2) is 14.8 Å². The van der Waals surface area contributed by atoms with E-state index in [4.69, 9.17) is 9.47 Å². The second kappa shape index (κ2) is 16.0. The molecule has 0 saturated carbocycles. The summed E-state index contributed by atoms with van der Waals surface area (Å²) in [7, 11) is 0. The van der Waals surface area contributed by atoms with Crippen molar-refractivity contribution in [2.24, 2.45) is 5.41 Å². The van der Waals surface area contributed by atoms with E-state index in [2.05, 4.69) is 30.5 Å². The molecule has 244 valence electrons. The Morgan fingerprint density at radius 1 is 1.00 bits per heavy atom. The van der Waals surface area contributed by atoms with Crippen molar-refractivity contribution in [2.45, 2.75) is 80.2 Å². The summed E-state index contributed by atoms with van der Waals surface area (Å²) in [4.78, 5) is 66.1. The van der Waals surface area contributed by atoms with Crippen LogP contribution in [0.1, 0.15) is 82.8 Å². The van der Waals surface area contributed by atoms with E-state index >= 15 is 0 Å². The Labute approximate surface area is 264 Å². The van der Waals surface area contributed by atoms with E-state index < -0.39 is 29.3 Å². The summed E-state index contributed by atoms with van der Waals surface area (Å²) in [6, 6.07) is 2.45. The van der Waals surface area contributed by atoms with Crippen molar-refractivity contribution in [3.63, 3.8) is 0 Å². The maximum Gasteiger partial charge on any atom is 0.328 e. The van der Waals surface area contributed by atoms with E-state index in [1.165, 1.54) is 6.33 Å². The number of ether oxygens (including phenoxy) is 2. The van der Waals surface area contributed by atoms with E-state index in [1.807, 2.05) is 26.1 Å². The largest absolute Gasteiger partial charge is 0.466 e. The van der Waals surface area contributed by atoms with Gasteiger partial charge in [-0.1, -0.05) is 20.8 Å². The number of carbonyl (C=O) groups is 4. The number of hydrogen-bond donors (Lipinski definition) is 3. The first-order valence-electron chi connectivity index (χ1n) is 15.6. The van der Waals surface area contributed by atoms with Gasteiger partial charge in [0.05, 0.1) is 24.5 Å². The molecule has 0 radical (unpaired) electrons. The molecule has 0 fully saturated rings. The van der Waals surface area contributed by atoms with Crippen molar-refractivity contribution in [3.8, 4) is 0 Å². The Bertz CT molecular complexity index is 1490. The first kappa shape index (κ1) is 35.0. The van der Waals surface area contributed by atoms with Gasteiger partial charge in [-0.3, -0.25) is 14.4 Å². The fraction of sp³-hybridized carbons (Fsp3) is 0.515. The Morgan fingerprint density at radius 3 is 2.36 bits per heavy atom. The van der Waals surface area contributed by atoms with Gasteiger partial charge in [0.15, 0.2) is 0 Å². The van der Waals surface area contributed by atoms with Crippen LogP contribution in [-0.4, -0.2) is 71.1 Å². The first-order valence-corrected chi connectivity index (χ1v) is 15.6. The summed E-state index contributed by atoms with van der Waals surface area (Å²) in [6.45, 7) is 14.6. The van der Waals surface area contributed by atoms with Crippen molar-refractivity contribution in [3.05, 3.63) is 47.5 Å². The zero-order valence-corrected chi connectivity index (χ0v) is 27.4. The van der Waals surface area contributed by atoms with Crippen LogP contribution in [0.25, 0.3) is 11.0 Å². The molecule has 2 aromatic heterocycles. The lowest BCUT2D eigenvalue weighted by Crippen LogP contribution is -2.43. The minimum Gasteiger partial charge on any atom is -0.466 e. The Balaban J connectivity index is 2.10. The summed E-state index contributed by atoms with van der Waals surface area (Å²) in [5.41, 5.74) is 3.23. The fourth-order valence-electron chi connectivity index (χ4n) is 4.99. The third-order valence-electron chi connectivity index (χ3n) is 7.46. The fourth-order valence-corrected chi connectivity index (χ4v) is 4.99. The lowest BCUT2D eigenvalue weighted by molar-refractivity contribution is -0.146. The molecule has 0 spiro atoms. The second-order valence-corrected chi connectivity index (χ2v) is 11.6. The van der Waals surface area contributed by atoms with E-state index in [-0.39, 0.29) is 37.5 Å². The number of carbonyl (C=O) groups excluding carboxylic acids is 4. The molecule has 12 heteroatoms. The number of nitrogens with zero attached hydrogens (tertiary/aromatic N) is 3. The average Bonchev–Trinajstić information content (AvgIpc) is 3.42. The van der Waals surface area contributed by atoms with Crippen LogP contribution in [0.4, 0.5) is 11.4 Å². The van der Waals surface area contributed by atoms with Crippen LogP contribution in [0.2, 0.25) is 0 Å². The smallest absolute Gasteiger partial charge is 0.328 e. The molecule has 2 heterocycles. The molecule has 1 atom stereocenters. The number of aromatic amines is 1. The molecule has 1 aromatic carbocycles. The van der Waals surface area contributed by atoms with Crippen molar-refractivity contribution < 1.29 is 28.7 Å². The third-order valence-corrected chi connectivity index (χ3v) is 7.46. The Hall–Kier alpha value is -4.48. The van der Waals surface area contributed by atoms with Crippen LogP contribution in [0, 0.1) is 5.41 Å². The first-order chi connectivity index (χ1) is 21.4. The van der Waals surface area contributed by atoms with Crippen molar-refractivity contribution in [1.29, 1.82) is 0 Å². The van der Waals surface area contributed by atoms with Gasteiger partial charge >= 0.3 is 11.9 Å². The molecule has 3 N–H and O–H groups in total. The number of aryl methyl sites for hydroxylation is 1. The van der Waals surface area contributed by atoms with E-state index in [1.54, 1.807) is 46.9 Å². The number of esters is 2. The molecular formula is C33H46N6O6. The Morgan fingerprint density at radius 2 is 1.71 bits per heavy atom. The van der Waals surface area contributed by atoms with Gasteiger partial charge in [-0.15, -0.1) is 0 Å². The molecule has 0 aliphatic heterocycles. The van der Waals surface area contributed by atoms with Crippen LogP contribution in [-0.2, 0) is 36.7 Å². The highest BCUT2D eigenvalue weighted by Gasteiger charge is 2.30. The summed E-state index contributed by atoms with van der Waals surface area (Å²) < 4.78 is 10.2. The summed E-state index contributed by atoms with van der Waals surface area (Å²) in [6.07, 6.45) is 6.13. The Kier molecular flexibility index (Phi) is 12.5. The van der Waals surface area contributed by atoms with Gasteiger partial charge in [0.1, 0.15) is 18.0 Å². The normalized spacial score (nSPS) is 12.0. The van der Waals surface area contributed by atoms with Gasteiger partial charge < -0.3 is 30.0 Å². The quantitative estimate of drug-likeness (QED) is 0.207. The predicted octanol–water partition coefficient (Wildman–Crippen LogP) is 4.58. The standard InChI is InChI=1S/C33H46N6O6/c1-8-39(9-2)26-16-14-23(30(41)37-25(31(42)45-11-4)15-17-27(40)44-10-3)28(38-32(43)33(5,6)7)22(26)13-12-21-18-35-29-24(21)19-34-20-36-29/h14,16,18-20,25H,8-13,15,17H2,1-7H3,(H,37,41)(H,38,43)(H,34,35,36)/t25-/m0/s1. The zero-order valence-electron chi connectivity index (χ0n) is 27.4. The van der Waals surface area contributed by atoms with Crippen molar-refractivity contribution in [2.75, 3.05) is 36.5 Å². The van der Waals surface area contributed by atoms with Gasteiger partial charge in [-0.2, -0.15) is 0 Å². The maximum atomic E-state index is 13.9. The number of rotatable bonds is 15. The van der Waals surface area contributed by atoms with Gasteiger partial charge in [0.2, 0.25) is 5.91 Å². The monoisotopic (exact) mass is 622 g/mol. The SMILES string of the molecule is CCOC(=O)CC[C@H](NC(=O)c1ccc(N(CC)CC)c(CCc2c[nH]c3ncncc23)c1NC(=O)C(C)(C)C)C(=O)OCC. The minimum atomic E-state index is -1.09. The minimum absolute atomic E-state index is 0.000112. The van der Waals surface area contributed by atoms with E-state index in [0.29, 0.717) is 31.6 Å². The molecule has 0 aliphatic carbocycles. The lowest BCUT2D eigenvalue weighted by Gasteiger charge is -2.29. The average molecular weight is 623 g/mol. The molecule has 0 unspecified atom stereocenters. The zero-order chi connectivity index (χ0) is 33.1.